The Kier molecular flexibility index (Phi) is 3.82. The number of carboxylic acid groups (broad SMARTS) is 2. The summed E-state index contributed by atoms with van der Waals surface area (Å²) in [6, 6.07) is 0. The number of hydrogen-bond donors (Lipinski definition) is 2. The maximum atomic E-state index is 10.7. The van der Waals surface area contributed by atoms with Crippen molar-refractivity contribution in [3.63, 3.8) is 0 Å². The van der Waals surface area contributed by atoms with Gasteiger partial charge in [-0.05, 0) is 6.66 Å². The van der Waals surface area contributed by atoms with E-state index >= 15 is 0 Å². The van der Waals surface area contributed by atoms with Crippen molar-refractivity contribution in [3.8, 4) is 0 Å². The Bertz CT molecular complexity index is 185. The van der Waals surface area contributed by atoms with Crippen LogP contribution in [0.5, 0.6) is 0 Å². The Morgan fingerprint density at radius 3 is 2.00 bits per heavy atom. The van der Waals surface area contributed by atoms with Crippen LogP contribution < -0.4 is 0 Å². The molecule has 0 aliphatic rings. The molecular weight excluding hydrogens is 171 g/mol. The van der Waals surface area contributed by atoms with Crippen LogP contribution >= 0.6 is 7.80 Å². The SMILES string of the molecule is C[PH](=O)C(CC(=O)O)C(=O)O. The summed E-state index contributed by atoms with van der Waals surface area (Å²) in [6.07, 6.45) is -0.566. The summed E-state index contributed by atoms with van der Waals surface area (Å²) >= 11 is 0. The molecule has 6 heteroatoms. The molecule has 0 rings (SSSR count). The fourth-order valence-corrected chi connectivity index (χ4v) is 1.39. The normalized spacial score (nSPS) is 15.4. The van der Waals surface area contributed by atoms with Gasteiger partial charge in [0.15, 0.2) is 0 Å². The lowest BCUT2D eigenvalue weighted by Gasteiger charge is -2.04. The summed E-state index contributed by atoms with van der Waals surface area (Å²) in [4.78, 5) is 20.3. The van der Waals surface area contributed by atoms with E-state index in [0.29, 0.717) is 0 Å². The molecule has 0 radical (unpaired) electrons. The van der Waals surface area contributed by atoms with Gasteiger partial charge in [-0.15, -0.1) is 0 Å². The van der Waals surface area contributed by atoms with Gasteiger partial charge in [-0.3, -0.25) is 9.59 Å². The first kappa shape index (κ1) is 10.2. The monoisotopic (exact) mass is 180 g/mol. The molecule has 2 atom stereocenters. The topological polar surface area (TPSA) is 91.7 Å². The third-order valence-corrected chi connectivity index (χ3v) is 2.60. The Morgan fingerprint density at radius 1 is 1.45 bits per heavy atom. The maximum Gasteiger partial charge on any atom is 0.314 e. The molecule has 2 unspecified atom stereocenters. The standard InChI is InChI=1S/C5H9O5P/c1-11(10)3(5(8)9)2-4(6)7/h3,11H,2H2,1H3,(H,6,7)(H,8,9). The van der Waals surface area contributed by atoms with Crippen LogP contribution in [0.15, 0.2) is 0 Å². The van der Waals surface area contributed by atoms with Crippen molar-refractivity contribution >= 4 is 19.7 Å². The van der Waals surface area contributed by atoms with Gasteiger partial charge in [0.2, 0.25) is 0 Å². The second kappa shape index (κ2) is 4.13. The van der Waals surface area contributed by atoms with Gasteiger partial charge in [-0.2, -0.15) is 0 Å². The van der Waals surface area contributed by atoms with Crippen LogP contribution in [0.3, 0.4) is 0 Å². The summed E-state index contributed by atoms with van der Waals surface area (Å²) in [6.45, 7) is 1.24. The van der Waals surface area contributed by atoms with Gasteiger partial charge in [0, 0.05) is 0 Å². The molecular formula is C5H9O5P. The minimum Gasteiger partial charge on any atom is -0.481 e. The highest BCUT2D eigenvalue weighted by molar-refractivity contribution is 7.45. The zero-order valence-corrected chi connectivity index (χ0v) is 6.90. The molecule has 0 spiro atoms. The lowest BCUT2D eigenvalue weighted by molar-refractivity contribution is -0.143. The summed E-state index contributed by atoms with van der Waals surface area (Å²) in [5.74, 6) is -2.55. The van der Waals surface area contributed by atoms with Crippen molar-refractivity contribution < 1.29 is 24.4 Å². The van der Waals surface area contributed by atoms with Crippen molar-refractivity contribution in [1.82, 2.24) is 0 Å². The van der Waals surface area contributed by atoms with Crippen LogP contribution in [0.1, 0.15) is 6.42 Å². The van der Waals surface area contributed by atoms with E-state index in [1.54, 1.807) is 0 Å². The van der Waals surface area contributed by atoms with E-state index in [2.05, 4.69) is 0 Å². The molecule has 11 heavy (non-hydrogen) atoms. The van der Waals surface area contributed by atoms with E-state index < -0.39 is 31.8 Å². The van der Waals surface area contributed by atoms with E-state index in [1.807, 2.05) is 0 Å². The highest BCUT2D eigenvalue weighted by Gasteiger charge is 2.23. The van der Waals surface area contributed by atoms with Gasteiger partial charge >= 0.3 is 11.9 Å². The molecule has 0 aromatic heterocycles. The molecule has 0 bridgehead atoms. The predicted octanol–water partition coefficient (Wildman–Crippen LogP) is 0.104. The second-order valence-electron chi connectivity index (χ2n) is 2.10. The number of hydrogen-bond acceptors (Lipinski definition) is 3. The van der Waals surface area contributed by atoms with Gasteiger partial charge in [0.1, 0.15) is 5.66 Å². The van der Waals surface area contributed by atoms with Crippen LogP contribution in [0.2, 0.25) is 0 Å². The zero-order chi connectivity index (χ0) is 9.02. The van der Waals surface area contributed by atoms with Crippen molar-refractivity contribution in [2.75, 3.05) is 6.66 Å². The molecule has 0 heterocycles. The molecule has 0 aliphatic carbocycles. The van der Waals surface area contributed by atoms with E-state index in [-0.39, 0.29) is 0 Å². The Hall–Kier alpha value is -0.830. The first-order valence-corrected chi connectivity index (χ1v) is 4.88. The third-order valence-electron chi connectivity index (χ3n) is 1.17. The summed E-state index contributed by atoms with van der Waals surface area (Å²) < 4.78 is 10.7. The van der Waals surface area contributed by atoms with E-state index in [0.717, 1.165) is 0 Å². The molecule has 64 valence electrons. The third kappa shape index (κ3) is 3.78. The highest BCUT2D eigenvalue weighted by atomic mass is 31.1. The van der Waals surface area contributed by atoms with E-state index in [1.165, 1.54) is 6.66 Å². The van der Waals surface area contributed by atoms with Gasteiger partial charge in [0.05, 0.1) is 14.2 Å². The van der Waals surface area contributed by atoms with Crippen molar-refractivity contribution in [2.24, 2.45) is 0 Å². The van der Waals surface area contributed by atoms with Gasteiger partial charge in [-0.1, -0.05) is 0 Å². The smallest absolute Gasteiger partial charge is 0.314 e. The maximum absolute atomic E-state index is 10.7. The van der Waals surface area contributed by atoms with E-state index in [9.17, 15) is 14.2 Å². The predicted molar refractivity (Wildman–Crippen MR) is 38.6 cm³/mol. The minimum atomic E-state index is -2.30. The summed E-state index contributed by atoms with van der Waals surface area (Å²) in [7, 11) is -2.30. The Balaban J connectivity index is 4.23. The molecule has 5 nitrogen and oxygen atoms in total. The van der Waals surface area contributed by atoms with Crippen LogP contribution in [0.4, 0.5) is 0 Å². The quantitative estimate of drug-likeness (QED) is 0.598. The first-order chi connectivity index (χ1) is 4.95. The van der Waals surface area contributed by atoms with Crippen molar-refractivity contribution in [1.29, 1.82) is 0 Å². The van der Waals surface area contributed by atoms with Crippen LogP contribution in [0, 0.1) is 0 Å². The van der Waals surface area contributed by atoms with Gasteiger partial charge < -0.3 is 14.8 Å². The second-order valence-corrected chi connectivity index (χ2v) is 4.02. The van der Waals surface area contributed by atoms with E-state index in [4.69, 9.17) is 10.2 Å². The van der Waals surface area contributed by atoms with Crippen LogP contribution in [-0.4, -0.2) is 34.5 Å². The fourth-order valence-electron chi connectivity index (χ4n) is 0.580. The number of carbonyl (C=O) groups is 2. The molecule has 0 amide bonds. The lowest BCUT2D eigenvalue weighted by Crippen LogP contribution is -2.19. The summed E-state index contributed by atoms with van der Waals surface area (Å²) in [5.41, 5.74) is -1.22. The van der Waals surface area contributed by atoms with Gasteiger partial charge in [0.25, 0.3) is 0 Å². The first-order valence-electron chi connectivity index (χ1n) is 2.90. The molecule has 0 aliphatic heterocycles. The Labute approximate surface area is 63.8 Å². The number of carboxylic acids is 2. The molecule has 0 aromatic rings. The highest BCUT2D eigenvalue weighted by Crippen LogP contribution is 2.25. The van der Waals surface area contributed by atoms with Crippen molar-refractivity contribution in [3.05, 3.63) is 0 Å². The Morgan fingerprint density at radius 2 is 1.91 bits per heavy atom. The van der Waals surface area contributed by atoms with Gasteiger partial charge in [-0.25, -0.2) is 0 Å². The minimum absolute atomic E-state index is 0.566. The summed E-state index contributed by atoms with van der Waals surface area (Å²) in [5, 5.41) is 16.6. The average Bonchev–Trinajstić information content (AvgIpc) is 1.81. The average molecular weight is 180 g/mol. The lowest BCUT2D eigenvalue weighted by atomic mass is 10.3. The number of aliphatic carboxylic acids is 2. The molecule has 2 N–H and O–H groups in total. The molecule has 0 saturated carbocycles. The molecule has 0 saturated heterocycles. The molecule has 0 aromatic carbocycles. The molecule has 0 fully saturated rings. The van der Waals surface area contributed by atoms with Crippen LogP contribution in [0.25, 0.3) is 0 Å². The number of rotatable bonds is 4. The fraction of sp³-hybridized carbons (Fsp3) is 0.600. The van der Waals surface area contributed by atoms with Crippen LogP contribution in [-0.2, 0) is 14.2 Å². The zero-order valence-electron chi connectivity index (χ0n) is 5.90. The largest absolute Gasteiger partial charge is 0.481 e. The van der Waals surface area contributed by atoms with Crippen molar-refractivity contribution in [2.45, 2.75) is 12.1 Å².